The molecule has 0 aliphatic carbocycles. The van der Waals surface area contributed by atoms with Crippen molar-refractivity contribution in [2.75, 3.05) is 0 Å². The molecule has 0 atom stereocenters. The third-order valence-electron chi connectivity index (χ3n) is 2.01. The number of aromatic hydroxyl groups is 1. The fraction of sp³-hybridized carbons (Fsp3) is 0. The molecule has 0 amide bonds. The van der Waals surface area contributed by atoms with Gasteiger partial charge >= 0.3 is 0 Å². The van der Waals surface area contributed by atoms with E-state index in [1.807, 2.05) is 24.3 Å². The van der Waals surface area contributed by atoms with Crippen LogP contribution in [0.5, 0.6) is 5.75 Å². The molecule has 0 saturated carbocycles. The van der Waals surface area contributed by atoms with Crippen molar-refractivity contribution >= 4 is 71.9 Å². The van der Waals surface area contributed by atoms with Gasteiger partial charge in [0.25, 0.3) is 0 Å². The van der Waals surface area contributed by atoms with Crippen molar-refractivity contribution in [1.82, 2.24) is 0 Å². The highest BCUT2D eigenvalue weighted by atomic mass is 127. The van der Waals surface area contributed by atoms with E-state index in [0.717, 1.165) is 22.4 Å². The van der Waals surface area contributed by atoms with Crippen molar-refractivity contribution in [3.05, 3.63) is 35.9 Å². The molecule has 0 aromatic heterocycles. The van der Waals surface area contributed by atoms with Crippen LogP contribution in [0, 0.1) is 7.14 Å². The van der Waals surface area contributed by atoms with E-state index in [9.17, 15) is 5.11 Å². The van der Waals surface area contributed by atoms with Crippen LogP contribution in [0.1, 0.15) is 0 Å². The molecule has 14 heavy (non-hydrogen) atoms. The van der Waals surface area contributed by atoms with Gasteiger partial charge in [0.15, 0.2) is 0 Å². The van der Waals surface area contributed by atoms with E-state index in [0.29, 0.717) is 5.75 Å². The highest BCUT2D eigenvalue weighted by Gasteiger charge is 2.12. The Morgan fingerprint density at radius 1 is 1.00 bits per heavy atom. The van der Waals surface area contributed by atoms with Crippen LogP contribution >= 0.6 is 61.1 Å². The Bertz CT molecular complexity index is 464. The topological polar surface area (TPSA) is 20.2 Å². The molecule has 0 bridgehead atoms. The number of hydrogen-bond donors (Lipinski definition) is 1. The zero-order valence-electron chi connectivity index (χ0n) is 6.89. The normalized spacial score (nSPS) is 10.8. The van der Waals surface area contributed by atoms with Gasteiger partial charge in [0.1, 0.15) is 5.75 Å². The molecule has 0 unspecified atom stereocenters. The van der Waals surface area contributed by atoms with Crippen LogP contribution in [0.25, 0.3) is 10.8 Å². The number of hydrogen-bond acceptors (Lipinski definition) is 1. The monoisotopic (exact) mass is 474 g/mol. The van der Waals surface area contributed by atoms with Gasteiger partial charge in [-0.1, -0.05) is 24.3 Å². The molecular formula is C10H5BrI2O. The fourth-order valence-corrected chi connectivity index (χ4v) is 3.34. The minimum absolute atomic E-state index is 0.369. The van der Waals surface area contributed by atoms with Gasteiger partial charge in [0.05, 0.1) is 3.57 Å². The Balaban J connectivity index is 3.02. The second-order valence-corrected chi connectivity index (χ2v) is 5.79. The summed E-state index contributed by atoms with van der Waals surface area (Å²) in [5, 5.41) is 11.9. The molecule has 0 saturated heterocycles. The predicted molar refractivity (Wildman–Crippen MR) is 78.7 cm³/mol. The van der Waals surface area contributed by atoms with Crippen molar-refractivity contribution in [3.8, 4) is 5.75 Å². The van der Waals surface area contributed by atoms with Gasteiger partial charge in [-0.25, -0.2) is 0 Å². The molecule has 0 aliphatic heterocycles. The maximum absolute atomic E-state index is 9.93. The third-order valence-corrected chi connectivity index (χ3v) is 6.74. The number of rotatable bonds is 0. The fourth-order valence-electron chi connectivity index (χ4n) is 1.32. The number of fused-ring (bicyclic) bond motifs is 1. The summed E-state index contributed by atoms with van der Waals surface area (Å²) in [6, 6.07) is 7.82. The Morgan fingerprint density at radius 2 is 1.57 bits per heavy atom. The van der Waals surface area contributed by atoms with Gasteiger partial charge in [-0.2, -0.15) is 0 Å². The molecular weight excluding hydrogens is 470 g/mol. The lowest BCUT2D eigenvalue weighted by atomic mass is 10.1. The number of halogens is 3. The third kappa shape index (κ3) is 1.65. The number of phenolic OH excluding ortho intramolecular Hbond substituents is 1. The Kier molecular flexibility index (Phi) is 3.23. The van der Waals surface area contributed by atoms with Crippen LogP contribution in [0.15, 0.2) is 28.7 Å². The van der Waals surface area contributed by atoms with E-state index in [4.69, 9.17) is 0 Å². The second-order valence-electron chi connectivity index (χ2n) is 2.84. The summed E-state index contributed by atoms with van der Waals surface area (Å²) in [7, 11) is 0. The summed E-state index contributed by atoms with van der Waals surface area (Å²) in [4.78, 5) is 0. The van der Waals surface area contributed by atoms with E-state index in [1.54, 1.807) is 0 Å². The predicted octanol–water partition coefficient (Wildman–Crippen LogP) is 4.52. The van der Waals surface area contributed by atoms with Crippen LogP contribution in [0.3, 0.4) is 0 Å². The van der Waals surface area contributed by atoms with Crippen molar-refractivity contribution in [1.29, 1.82) is 0 Å². The van der Waals surface area contributed by atoms with Gasteiger partial charge < -0.3 is 5.11 Å². The van der Waals surface area contributed by atoms with Crippen LogP contribution in [0.2, 0.25) is 0 Å². The van der Waals surface area contributed by atoms with Crippen molar-refractivity contribution in [3.63, 3.8) is 0 Å². The largest absolute Gasteiger partial charge is 0.506 e. The number of benzene rings is 2. The van der Waals surface area contributed by atoms with E-state index in [2.05, 4.69) is 61.1 Å². The standard InChI is InChI=1S/C10H5BrI2O/c11-7-5-3-1-2-4-6(5)10(14)9(13)8(7)12/h1-4,14H. The molecule has 0 aliphatic rings. The van der Waals surface area contributed by atoms with Gasteiger partial charge in [-0.15, -0.1) is 0 Å². The molecule has 0 fully saturated rings. The maximum Gasteiger partial charge on any atom is 0.137 e. The second kappa shape index (κ2) is 4.13. The van der Waals surface area contributed by atoms with E-state index in [-0.39, 0.29) is 0 Å². The smallest absolute Gasteiger partial charge is 0.137 e. The van der Waals surface area contributed by atoms with Crippen molar-refractivity contribution < 1.29 is 5.11 Å². The highest BCUT2D eigenvalue weighted by Crippen LogP contribution is 2.39. The SMILES string of the molecule is Oc1c(I)c(I)c(Br)c2ccccc12. The molecule has 0 spiro atoms. The summed E-state index contributed by atoms with van der Waals surface area (Å²) in [6.45, 7) is 0. The minimum atomic E-state index is 0.369. The van der Waals surface area contributed by atoms with Crippen LogP contribution in [0.4, 0.5) is 0 Å². The van der Waals surface area contributed by atoms with E-state index < -0.39 is 0 Å². The van der Waals surface area contributed by atoms with Crippen LogP contribution in [-0.4, -0.2) is 5.11 Å². The van der Waals surface area contributed by atoms with E-state index >= 15 is 0 Å². The molecule has 1 N–H and O–H groups in total. The summed E-state index contributed by atoms with van der Waals surface area (Å²) in [6.07, 6.45) is 0. The molecule has 4 heteroatoms. The molecule has 0 radical (unpaired) electrons. The lowest BCUT2D eigenvalue weighted by Crippen LogP contribution is -1.86. The van der Waals surface area contributed by atoms with Gasteiger partial charge in [0, 0.05) is 18.8 Å². The summed E-state index contributed by atoms with van der Waals surface area (Å²) in [5.74, 6) is 0.369. The van der Waals surface area contributed by atoms with Gasteiger partial charge in [0.2, 0.25) is 0 Å². The molecule has 72 valence electrons. The van der Waals surface area contributed by atoms with Gasteiger partial charge in [-0.3, -0.25) is 0 Å². The summed E-state index contributed by atoms with van der Waals surface area (Å²) < 4.78 is 3.00. The van der Waals surface area contributed by atoms with Gasteiger partial charge in [-0.05, 0) is 61.1 Å². The first-order valence-corrected chi connectivity index (χ1v) is 6.82. The summed E-state index contributed by atoms with van der Waals surface area (Å²) in [5.41, 5.74) is 0. The first kappa shape index (κ1) is 10.9. The Labute approximate surface area is 117 Å². The lowest BCUT2D eigenvalue weighted by molar-refractivity contribution is 0.477. The summed E-state index contributed by atoms with van der Waals surface area (Å²) >= 11 is 7.93. The maximum atomic E-state index is 9.93. The highest BCUT2D eigenvalue weighted by molar-refractivity contribution is 14.1. The molecule has 1 nitrogen and oxygen atoms in total. The first-order valence-electron chi connectivity index (χ1n) is 3.87. The zero-order valence-corrected chi connectivity index (χ0v) is 12.8. The first-order chi connectivity index (χ1) is 6.63. The van der Waals surface area contributed by atoms with Crippen molar-refractivity contribution in [2.45, 2.75) is 0 Å². The average molecular weight is 475 g/mol. The lowest BCUT2D eigenvalue weighted by Gasteiger charge is -2.08. The van der Waals surface area contributed by atoms with E-state index in [1.165, 1.54) is 0 Å². The molecule has 0 heterocycles. The number of phenols is 1. The van der Waals surface area contributed by atoms with Crippen LogP contribution < -0.4 is 0 Å². The minimum Gasteiger partial charge on any atom is -0.506 e. The Hall–Kier alpha value is 0.440. The molecule has 2 aromatic carbocycles. The zero-order chi connectivity index (χ0) is 10.3. The van der Waals surface area contributed by atoms with Crippen molar-refractivity contribution in [2.24, 2.45) is 0 Å². The average Bonchev–Trinajstić information content (AvgIpc) is 2.23. The Morgan fingerprint density at radius 3 is 2.21 bits per heavy atom. The van der Waals surface area contributed by atoms with Crippen LogP contribution in [-0.2, 0) is 0 Å². The molecule has 2 rings (SSSR count). The molecule has 2 aromatic rings. The quantitative estimate of drug-likeness (QED) is 0.440.